The fourth-order valence-corrected chi connectivity index (χ4v) is 0.719. The summed E-state index contributed by atoms with van der Waals surface area (Å²) >= 11 is 0. The molecular weight excluding hydrogens is 229 g/mol. The SMILES string of the molecule is CCOC(=O)C(O)C(O)C(=O)ON(C)C.[NaH]. The molecule has 0 aromatic carbocycles. The van der Waals surface area contributed by atoms with Gasteiger partial charge in [0.2, 0.25) is 0 Å². The number of nitrogens with zero attached hydrogens (tertiary/aromatic N) is 1. The molecule has 0 saturated carbocycles. The van der Waals surface area contributed by atoms with E-state index in [2.05, 4.69) is 9.57 Å². The van der Waals surface area contributed by atoms with Crippen molar-refractivity contribution in [2.75, 3.05) is 20.7 Å². The van der Waals surface area contributed by atoms with Crippen molar-refractivity contribution in [2.45, 2.75) is 19.1 Å². The summed E-state index contributed by atoms with van der Waals surface area (Å²) in [6.45, 7) is 1.58. The number of carbonyl (C=O) groups excluding carboxylic acids is 2. The number of aliphatic hydroxyl groups is 2. The maximum atomic E-state index is 11.0. The van der Waals surface area contributed by atoms with Crippen molar-refractivity contribution >= 4 is 41.5 Å². The van der Waals surface area contributed by atoms with Gasteiger partial charge < -0.3 is 19.8 Å². The standard InChI is InChI=1S/C8H15NO6.Na.H/c1-4-14-7(12)5(10)6(11)8(13)15-9(2)3;;/h5-6,10-11H,4H2,1-3H3;;. The molecule has 0 aliphatic heterocycles. The summed E-state index contributed by atoms with van der Waals surface area (Å²) in [5, 5.41) is 19.4. The first kappa shape index (κ1) is 18.2. The average Bonchev–Trinajstić information content (AvgIpc) is 2.14. The second kappa shape index (κ2) is 8.91. The summed E-state index contributed by atoms with van der Waals surface area (Å²) in [6, 6.07) is 0. The minimum atomic E-state index is -1.95. The van der Waals surface area contributed by atoms with Gasteiger partial charge in [-0.25, -0.2) is 9.59 Å². The van der Waals surface area contributed by atoms with Crippen LogP contribution in [0.5, 0.6) is 0 Å². The van der Waals surface area contributed by atoms with Crippen LogP contribution in [0.25, 0.3) is 0 Å². The Hall–Kier alpha value is -0.180. The number of rotatable bonds is 5. The Morgan fingerprint density at radius 1 is 1.19 bits per heavy atom. The van der Waals surface area contributed by atoms with Gasteiger partial charge in [-0.15, -0.1) is 5.06 Å². The molecule has 0 saturated heterocycles. The Morgan fingerprint density at radius 2 is 1.62 bits per heavy atom. The van der Waals surface area contributed by atoms with Crippen LogP contribution in [-0.2, 0) is 19.2 Å². The molecule has 8 heteroatoms. The van der Waals surface area contributed by atoms with Crippen molar-refractivity contribution in [3.63, 3.8) is 0 Å². The normalized spacial score (nSPS) is 13.6. The summed E-state index contributed by atoms with van der Waals surface area (Å²) in [7, 11) is 2.84. The van der Waals surface area contributed by atoms with E-state index < -0.39 is 24.1 Å². The number of hydrogen-bond donors (Lipinski definition) is 2. The van der Waals surface area contributed by atoms with Gasteiger partial charge in [0.25, 0.3) is 0 Å². The number of aliphatic hydroxyl groups excluding tert-OH is 2. The van der Waals surface area contributed by atoms with E-state index in [0.717, 1.165) is 5.06 Å². The van der Waals surface area contributed by atoms with Crippen LogP contribution < -0.4 is 0 Å². The van der Waals surface area contributed by atoms with E-state index in [9.17, 15) is 14.7 Å². The van der Waals surface area contributed by atoms with Crippen LogP contribution in [0.1, 0.15) is 6.92 Å². The van der Waals surface area contributed by atoms with E-state index in [0.29, 0.717) is 0 Å². The fraction of sp³-hybridized carbons (Fsp3) is 0.750. The zero-order chi connectivity index (χ0) is 12.0. The van der Waals surface area contributed by atoms with Crippen LogP contribution in [0.3, 0.4) is 0 Å². The van der Waals surface area contributed by atoms with Crippen LogP contribution in [0.15, 0.2) is 0 Å². The monoisotopic (exact) mass is 245 g/mol. The Bertz CT molecular complexity index is 235. The van der Waals surface area contributed by atoms with Crippen LogP contribution in [0.2, 0.25) is 0 Å². The van der Waals surface area contributed by atoms with E-state index in [1.165, 1.54) is 21.0 Å². The molecule has 7 nitrogen and oxygen atoms in total. The van der Waals surface area contributed by atoms with E-state index in [4.69, 9.17) is 5.11 Å². The van der Waals surface area contributed by atoms with Gasteiger partial charge in [0.05, 0.1) is 6.61 Å². The van der Waals surface area contributed by atoms with E-state index in [1.54, 1.807) is 0 Å². The molecule has 2 unspecified atom stereocenters. The van der Waals surface area contributed by atoms with Crippen LogP contribution in [-0.4, -0.2) is 89.7 Å². The predicted octanol–water partition coefficient (Wildman–Crippen LogP) is -2.36. The van der Waals surface area contributed by atoms with Gasteiger partial charge in [-0.3, -0.25) is 0 Å². The molecule has 0 bridgehead atoms. The zero-order valence-corrected chi connectivity index (χ0v) is 8.84. The van der Waals surface area contributed by atoms with E-state index in [-0.39, 0.29) is 36.2 Å². The number of hydrogen-bond acceptors (Lipinski definition) is 7. The zero-order valence-electron chi connectivity index (χ0n) is 8.84. The Balaban J connectivity index is 0. The van der Waals surface area contributed by atoms with Crippen LogP contribution in [0, 0.1) is 0 Å². The number of hydroxylamine groups is 2. The molecule has 0 amide bonds. The van der Waals surface area contributed by atoms with Gasteiger partial charge in [-0.2, -0.15) is 0 Å². The molecule has 0 fully saturated rings. The van der Waals surface area contributed by atoms with Crippen molar-refractivity contribution in [3.8, 4) is 0 Å². The molecule has 16 heavy (non-hydrogen) atoms. The molecular formula is C8H16NNaO6. The van der Waals surface area contributed by atoms with E-state index >= 15 is 0 Å². The third-order valence-electron chi connectivity index (χ3n) is 1.34. The number of carbonyl (C=O) groups is 2. The summed E-state index contributed by atoms with van der Waals surface area (Å²) in [6.07, 6.45) is -3.89. The van der Waals surface area contributed by atoms with Gasteiger partial charge in [0, 0.05) is 14.1 Å². The molecule has 0 rings (SSSR count). The third kappa shape index (κ3) is 6.41. The summed E-state index contributed by atoms with van der Waals surface area (Å²) in [5.41, 5.74) is 0. The second-order valence-electron chi connectivity index (χ2n) is 2.86. The predicted molar refractivity (Wildman–Crippen MR) is 55.6 cm³/mol. The van der Waals surface area contributed by atoms with Crippen molar-refractivity contribution in [1.82, 2.24) is 5.06 Å². The van der Waals surface area contributed by atoms with Crippen LogP contribution in [0.4, 0.5) is 0 Å². The molecule has 0 aromatic heterocycles. The van der Waals surface area contributed by atoms with Gasteiger partial charge in [0.15, 0.2) is 12.2 Å². The molecule has 0 heterocycles. The van der Waals surface area contributed by atoms with Crippen molar-refractivity contribution in [2.24, 2.45) is 0 Å². The Kier molecular flexibility index (Phi) is 10.1. The average molecular weight is 245 g/mol. The maximum absolute atomic E-state index is 11.0. The summed E-state index contributed by atoms with van der Waals surface area (Å²) in [5.74, 6) is -2.19. The van der Waals surface area contributed by atoms with Gasteiger partial charge in [0.1, 0.15) is 0 Å². The van der Waals surface area contributed by atoms with Crippen molar-refractivity contribution in [3.05, 3.63) is 0 Å². The molecule has 0 spiro atoms. The first-order valence-corrected chi connectivity index (χ1v) is 4.32. The molecule has 0 aliphatic carbocycles. The fourth-order valence-electron chi connectivity index (χ4n) is 0.719. The topological polar surface area (TPSA) is 96.3 Å². The van der Waals surface area contributed by atoms with Gasteiger partial charge in [-0.1, -0.05) is 0 Å². The first-order chi connectivity index (χ1) is 6.90. The molecule has 0 aliphatic rings. The first-order valence-electron chi connectivity index (χ1n) is 4.32. The molecule has 90 valence electrons. The molecule has 0 radical (unpaired) electrons. The van der Waals surface area contributed by atoms with Gasteiger partial charge >= 0.3 is 41.5 Å². The number of esters is 1. The molecule has 2 atom stereocenters. The van der Waals surface area contributed by atoms with Crippen molar-refractivity contribution < 1.29 is 29.4 Å². The molecule has 0 aromatic rings. The minimum absolute atomic E-state index is 0. The van der Waals surface area contributed by atoms with Gasteiger partial charge in [-0.05, 0) is 6.92 Å². The second-order valence-corrected chi connectivity index (χ2v) is 2.86. The third-order valence-corrected chi connectivity index (χ3v) is 1.34. The Labute approximate surface area is 116 Å². The quantitative estimate of drug-likeness (QED) is 0.318. The molecule has 2 N–H and O–H groups in total. The summed E-state index contributed by atoms with van der Waals surface area (Å²) in [4.78, 5) is 26.4. The van der Waals surface area contributed by atoms with Crippen LogP contribution >= 0.6 is 0 Å². The summed E-state index contributed by atoms with van der Waals surface area (Å²) < 4.78 is 4.41. The van der Waals surface area contributed by atoms with Crippen molar-refractivity contribution in [1.29, 1.82) is 0 Å². The van der Waals surface area contributed by atoms with E-state index in [1.807, 2.05) is 0 Å². The number of ether oxygens (including phenoxy) is 1. The Morgan fingerprint density at radius 3 is 2.00 bits per heavy atom.